The molecule has 9 heteroatoms. The number of ether oxygens (including phenoxy) is 1. The number of nitrogens with one attached hydrogen (secondary N) is 1. The minimum Gasteiger partial charge on any atom is -0.486 e. The van der Waals surface area contributed by atoms with Gasteiger partial charge in [-0.1, -0.05) is 12.1 Å². The van der Waals surface area contributed by atoms with Gasteiger partial charge in [0.15, 0.2) is 0 Å². The predicted molar refractivity (Wildman–Crippen MR) is 109 cm³/mol. The van der Waals surface area contributed by atoms with E-state index in [0.717, 1.165) is 11.3 Å². The van der Waals surface area contributed by atoms with E-state index in [9.17, 15) is 18.0 Å². The zero-order valence-corrected chi connectivity index (χ0v) is 17.7. The smallest absolute Gasteiger partial charge is 0.254 e. The van der Waals surface area contributed by atoms with Crippen LogP contribution in [-0.2, 0) is 21.9 Å². The second-order valence-corrected chi connectivity index (χ2v) is 9.10. The summed E-state index contributed by atoms with van der Waals surface area (Å²) in [5.74, 6) is 0.150. The Morgan fingerprint density at radius 2 is 1.86 bits per heavy atom. The Balaban J connectivity index is 1.53. The van der Waals surface area contributed by atoms with Gasteiger partial charge in [-0.25, -0.2) is 13.1 Å². The van der Waals surface area contributed by atoms with Gasteiger partial charge in [0.05, 0.1) is 24.5 Å². The number of pyridine rings is 1. The summed E-state index contributed by atoms with van der Waals surface area (Å²) in [5.41, 5.74) is 2.07. The summed E-state index contributed by atoms with van der Waals surface area (Å²) in [5, 5.41) is 0. The van der Waals surface area contributed by atoms with Crippen molar-refractivity contribution < 1.29 is 17.9 Å². The van der Waals surface area contributed by atoms with Crippen LogP contribution in [0.3, 0.4) is 0 Å². The Bertz CT molecular complexity index is 1100. The molecule has 0 saturated carbocycles. The molecule has 0 bridgehead atoms. The molecule has 0 spiro atoms. The van der Waals surface area contributed by atoms with Crippen LogP contribution in [0.5, 0.6) is 5.75 Å². The molecule has 0 atom stereocenters. The number of hydrogen-bond acceptors (Lipinski definition) is 5. The van der Waals surface area contributed by atoms with Gasteiger partial charge in [-0.05, 0) is 44.0 Å². The first kappa shape index (κ1) is 21.1. The van der Waals surface area contributed by atoms with Crippen molar-refractivity contribution in [1.29, 1.82) is 0 Å². The summed E-state index contributed by atoms with van der Waals surface area (Å²) < 4.78 is 34.6. The third-order valence-electron chi connectivity index (χ3n) is 5.03. The van der Waals surface area contributed by atoms with Crippen molar-refractivity contribution in [3.63, 3.8) is 0 Å². The number of rotatable bonds is 6. The van der Waals surface area contributed by atoms with Crippen LogP contribution in [0.1, 0.15) is 16.8 Å². The Morgan fingerprint density at radius 3 is 2.52 bits per heavy atom. The van der Waals surface area contributed by atoms with E-state index in [0.29, 0.717) is 24.4 Å². The van der Waals surface area contributed by atoms with E-state index in [1.54, 1.807) is 32.2 Å². The van der Waals surface area contributed by atoms with Crippen molar-refractivity contribution in [2.75, 3.05) is 19.6 Å². The minimum atomic E-state index is -3.77. The van der Waals surface area contributed by atoms with Gasteiger partial charge in [0.2, 0.25) is 15.9 Å². The number of carbonyl (C=O) groups excluding carboxylic acids is 1. The molecule has 0 aliphatic carbocycles. The second kappa shape index (κ2) is 8.00. The van der Waals surface area contributed by atoms with E-state index in [4.69, 9.17) is 4.74 Å². The molecule has 1 aliphatic rings. The Kier molecular flexibility index (Phi) is 5.81. The van der Waals surface area contributed by atoms with Crippen molar-refractivity contribution >= 4 is 15.9 Å². The van der Waals surface area contributed by atoms with Crippen molar-refractivity contribution in [1.82, 2.24) is 14.2 Å². The third kappa shape index (κ3) is 4.68. The first-order chi connectivity index (χ1) is 13.6. The van der Waals surface area contributed by atoms with Gasteiger partial charge in [0.25, 0.3) is 5.56 Å². The SMILES string of the molecule is Cc1ccc(C)c(S(=O)(=O)NCC(=O)N2CC(Oc3cc(C)n(C)c(=O)c3)C2)c1. The predicted octanol–water partition coefficient (Wildman–Crippen LogP) is 0.879. The van der Waals surface area contributed by atoms with Gasteiger partial charge >= 0.3 is 0 Å². The number of nitrogens with zero attached hydrogens (tertiary/aromatic N) is 2. The Morgan fingerprint density at radius 1 is 1.17 bits per heavy atom. The molecular formula is C20H25N3O5S. The highest BCUT2D eigenvalue weighted by Crippen LogP contribution is 2.19. The highest BCUT2D eigenvalue weighted by Gasteiger charge is 2.33. The van der Waals surface area contributed by atoms with Gasteiger partial charge in [-0.15, -0.1) is 0 Å². The lowest BCUT2D eigenvalue weighted by atomic mass is 10.1. The van der Waals surface area contributed by atoms with Crippen LogP contribution in [0.2, 0.25) is 0 Å². The van der Waals surface area contributed by atoms with Crippen molar-refractivity contribution in [3.05, 3.63) is 57.5 Å². The van der Waals surface area contributed by atoms with Crippen molar-refractivity contribution in [2.24, 2.45) is 7.05 Å². The van der Waals surface area contributed by atoms with E-state index in [1.165, 1.54) is 15.5 Å². The van der Waals surface area contributed by atoms with E-state index in [2.05, 4.69) is 4.72 Å². The fourth-order valence-electron chi connectivity index (χ4n) is 3.06. The Hall–Kier alpha value is -2.65. The molecule has 2 aromatic rings. The molecule has 1 amide bonds. The van der Waals surface area contributed by atoms with Gasteiger partial charge in [-0.3, -0.25) is 9.59 Å². The summed E-state index contributed by atoms with van der Waals surface area (Å²) in [7, 11) is -2.08. The van der Waals surface area contributed by atoms with Crippen molar-refractivity contribution in [2.45, 2.75) is 31.8 Å². The molecule has 156 valence electrons. The van der Waals surface area contributed by atoms with Crippen LogP contribution in [0.4, 0.5) is 0 Å². The maximum atomic E-state index is 12.5. The molecule has 29 heavy (non-hydrogen) atoms. The average Bonchev–Trinajstić information content (AvgIpc) is 2.62. The molecule has 0 unspecified atom stereocenters. The molecule has 1 fully saturated rings. The van der Waals surface area contributed by atoms with Crippen LogP contribution >= 0.6 is 0 Å². The number of carbonyl (C=O) groups is 1. The lowest BCUT2D eigenvalue weighted by molar-refractivity contribution is -0.138. The highest BCUT2D eigenvalue weighted by atomic mass is 32.2. The molecule has 0 radical (unpaired) electrons. The normalized spacial score (nSPS) is 14.6. The molecule has 1 aliphatic heterocycles. The van der Waals surface area contributed by atoms with Crippen LogP contribution in [-0.4, -0.2) is 49.5 Å². The summed E-state index contributed by atoms with van der Waals surface area (Å²) in [4.78, 5) is 25.8. The largest absolute Gasteiger partial charge is 0.486 e. The lowest BCUT2D eigenvalue weighted by Gasteiger charge is -2.39. The van der Waals surface area contributed by atoms with Gasteiger partial charge < -0.3 is 14.2 Å². The summed E-state index contributed by atoms with van der Waals surface area (Å²) >= 11 is 0. The monoisotopic (exact) mass is 419 g/mol. The van der Waals surface area contributed by atoms with Crippen LogP contribution in [0, 0.1) is 20.8 Å². The number of amides is 1. The fourth-order valence-corrected chi connectivity index (χ4v) is 4.36. The molecular weight excluding hydrogens is 394 g/mol. The molecule has 3 rings (SSSR count). The van der Waals surface area contributed by atoms with Crippen LogP contribution < -0.4 is 15.0 Å². The van der Waals surface area contributed by atoms with Gasteiger partial charge in [-0.2, -0.15) is 0 Å². The third-order valence-corrected chi connectivity index (χ3v) is 6.57. The molecule has 1 aromatic heterocycles. The second-order valence-electron chi connectivity index (χ2n) is 7.36. The average molecular weight is 420 g/mol. The standard InChI is InChI=1S/C20H25N3O5S/c1-13-5-6-14(2)18(7-13)29(26,27)21-10-20(25)23-11-17(12-23)28-16-8-15(3)22(4)19(24)9-16/h5-9,17,21H,10-12H2,1-4H3. The number of aromatic nitrogens is 1. The Labute approximate surface area is 170 Å². The van der Waals surface area contributed by atoms with E-state index in [-0.39, 0.29) is 29.0 Å². The number of aryl methyl sites for hydroxylation is 3. The van der Waals surface area contributed by atoms with Crippen LogP contribution in [0.25, 0.3) is 0 Å². The number of benzene rings is 1. The van der Waals surface area contributed by atoms with Crippen LogP contribution in [0.15, 0.2) is 40.0 Å². The zero-order valence-electron chi connectivity index (χ0n) is 16.9. The fraction of sp³-hybridized carbons (Fsp3) is 0.400. The molecule has 1 saturated heterocycles. The first-order valence-electron chi connectivity index (χ1n) is 9.26. The summed E-state index contributed by atoms with van der Waals surface area (Å²) in [6.45, 7) is 5.72. The summed E-state index contributed by atoms with van der Waals surface area (Å²) in [6.07, 6.45) is -0.221. The lowest BCUT2D eigenvalue weighted by Crippen LogP contribution is -2.58. The zero-order chi connectivity index (χ0) is 21.3. The molecule has 2 heterocycles. The topological polar surface area (TPSA) is 97.7 Å². The summed E-state index contributed by atoms with van der Waals surface area (Å²) in [6, 6.07) is 8.34. The van der Waals surface area contributed by atoms with Gasteiger partial charge in [0.1, 0.15) is 11.9 Å². The number of likely N-dealkylation sites (tertiary alicyclic amines) is 1. The quantitative estimate of drug-likeness (QED) is 0.750. The van der Waals surface area contributed by atoms with Crippen molar-refractivity contribution in [3.8, 4) is 5.75 Å². The highest BCUT2D eigenvalue weighted by molar-refractivity contribution is 7.89. The van der Waals surface area contributed by atoms with E-state index >= 15 is 0 Å². The number of hydrogen-bond donors (Lipinski definition) is 1. The maximum absolute atomic E-state index is 12.5. The van der Waals surface area contributed by atoms with E-state index in [1.807, 2.05) is 19.9 Å². The molecule has 1 N–H and O–H groups in total. The van der Waals surface area contributed by atoms with Gasteiger partial charge in [0, 0.05) is 18.8 Å². The van der Waals surface area contributed by atoms with E-state index < -0.39 is 10.0 Å². The number of sulfonamides is 1. The minimum absolute atomic E-state index is 0.159. The first-order valence-corrected chi connectivity index (χ1v) is 10.7. The molecule has 1 aromatic carbocycles. The molecule has 8 nitrogen and oxygen atoms in total. The maximum Gasteiger partial charge on any atom is 0.254 e.